The Kier molecular flexibility index (Phi) is 7.73. The zero-order chi connectivity index (χ0) is 24.2. The molecule has 0 saturated carbocycles. The molecule has 0 aromatic heterocycles. The first-order valence-electron chi connectivity index (χ1n) is 10.2. The third kappa shape index (κ3) is 5.90. The standard InChI is InChI=1S/C24H25ClFN3O3S/c1-16-7-4-5-10-21(16)28-33(31,32)18-13-11-17(12-14-18)24(30)27-15-22(29(2)3)23-19(25)8-6-9-20(23)26/h4-14,22,28H,15H2,1-3H3,(H,27,30). The fourth-order valence-corrected chi connectivity index (χ4v) is 4.76. The van der Waals surface area contributed by atoms with E-state index >= 15 is 0 Å². The summed E-state index contributed by atoms with van der Waals surface area (Å²) in [6.07, 6.45) is 0. The summed E-state index contributed by atoms with van der Waals surface area (Å²) >= 11 is 6.19. The van der Waals surface area contributed by atoms with Gasteiger partial charge >= 0.3 is 0 Å². The minimum absolute atomic E-state index is 0.0339. The lowest BCUT2D eigenvalue weighted by Gasteiger charge is -2.26. The first-order chi connectivity index (χ1) is 15.6. The van der Waals surface area contributed by atoms with E-state index in [0.717, 1.165) is 5.56 Å². The summed E-state index contributed by atoms with van der Waals surface area (Å²) in [6.45, 7) is 1.92. The Morgan fingerprint density at radius 1 is 1.03 bits per heavy atom. The molecule has 3 aromatic carbocycles. The summed E-state index contributed by atoms with van der Waals surface area (Å²) in [7, 11) is -0.276. The Bertz CT molecular complexity index is 1230. The van der Waals surface area contributed by atoms with E-state index in [2.05, 4.69) is 10.0 Å². The molecule has 3 rings (SSSR count). The number of carbonyl (C=O) groups excluding carboxylic acids is 1. The molecule has 1 unspecified atom stereocenters. The Labute approximate surface area is 198 Å². The maximum absolute atomic E-state index is 14.4. The van der Waals surface area contributed by atoms with Gasteiger partial charge < -0.3 is 10.2 Å². The van der Waals surface area contributed by atoms with E-state index in [-0.39, 0.29) is 22.0 Å². The van der Waals surface area contributed by atoms with Gasteiger partial charge in [-0.25, -0.2) is 12.8 Å². The van der Waals surface area contributed by atoms with Crippen molar-refractivity contribution < 1.29 is 17.6 Å². The molecule has 0 heterocycles. The van der Waals surface area contributed by atoms with Crippen LogP contribution in [0.15, 0.2) is 71.6 Å². The van der Waals surface area contributed by atoms with E-state index in [1.54, 1.807) is 50.2 Å². The highest BCUT2D eigenvalue weighted by molar-refractivity contribution is 7.92. The molecule has 1 atom stereocenters. The molecule has 0 saturated heterocycles. The SMILES string of the molecule is Cc1ccccc1NS(=O)(=O)c1ccc(C(=O)NCC(c2c(F)cccc2Cl)N(C)C)cc1. The number of hydrogen-bond donors (Lipinski definition) is 2. The van der Waals surface area contributed by atoms with Gasteiger partial charge in [0.2, 0.25) is 0 Å². The molecule has 9 heteroatoms. The lowest BCUT2D eigenvalue weighted by atomic mass is 10.0. The van der Waals surface area contributed by atoms with Crippen molar-refractivity contribution in [2.75, 3.05) is 25.4 Å². The van der Waals surface area contributed by atoms with E-state index < -0.39 is 27.8 Å². The number of nitrogens with one attached hydrogen (secondary N) is 2. The molecule has 0 aliphatic rings. The second kappa shape index (κ2) is 10.3. The molecule has 0 aliphatic carbocycles. The quantitative estimate of drug-likeness (QED) is 0.484. The molecule has 33 heavy (non-hydrogen) atoms. The van der Waals surface area contributed by atoms with Gasteiger partial charge in [0.05, 0.1) is 16.6 Å². The number of anilines is 1. The van der Waals surface area contributed by atoms with Gasteiger partial charge in [0.1, 0.15) is 5.82 Å². The van der Waals surface area contributed by atoms with Gasteiger partial charge in [0.25, 0.3) is 15.9 Å². The van der Waals surface area contributed by atoms with Crippen LogP contribution in [0.1, 0.15) is 27.5 Å². The van der Waals surface area contributed by atoms with Crippen molar-refractivity contribution in [2.45, 2.75) is 17.9 Å². The summed E-state index contributed by atoms with van der Waals surface area (Å²) in [6, 6.07) is 16.6. The second-order valence-electron chi connectivity index (χ2n) is 7.77. The van der Waals surface area contributed by atoms with Crippen molar-refractivity contribution in [3.8, 4) is 0 Å². The summed E-state index contributed by atoms with van der Waals surface area (Å²) in [5, 5.41) is 3.04. The number of sulfonamides is 1. The van der Waals surface area contributed by atoms with Crippen LogP contribution in [0.4, 0.5) is 10.1 Å². The number of likely N-dealkylation sites (N-methyl/N-ethyl adjacent to an activating group) is 1. The lowest BCUT2D eigenvalue weighted by Crippen LogP contribution is -2.35. The van der Waals surface area contributed by atoms with Crippen LogP contribution in [0.5, 0.6) is 0 Å². The highest BCUT2D eigenvalue weighted by atomic mass is 35.5. The van der Waals surface area contributed by atoms with Crippen molar-refractivity contribution in [1.82, 2.24) is 10.2 Å². The van der Waals surface area contributed by atoms with Crippen LogP contribution < -0.4 is 10.0 Å². The molecule has 1 amide bonds. The fraction of sp³-hybridized carbons (Fsp3) is 0.208. The molecule has 6 nitrogen and oxygen atoms in total. The van der Waals surface area contributed by atoms with Gasteiger partial charge in [-0.2, -0.15) is 0 Å². The number of benzene rings is 3. The van der Waals surface area contributed by atoms with Crippen LogP contribution in [0.2, 0.25) is 5.02 Å². The van der Waals surface area contributed by atoms with E-state index in [0.29, 0.717) is 11.3 Å². The Hall–Kier alpha value is -2.94. The number of nitrogens with zero attached hydrogens (tertiary/aromatic N) is 1. The van der Waals surface area contributed by atoms with Gasteiger partial charge in [-0.3, -0.25) is 9.52 Å². The number of rotatable bonds is 8. The second-order valence-corrected chi connectivity index (χ2v) is 9.86. The maximum Gasteiger partial charge on any atom is 0.261 e. The van der Waals surface area contributed by atoms with Crippen LogP contribution in [-0.4, -0.2) is 39.9 Å². The molecule has 0 spiro atoms. The largest absolute Gasteiger partial charge is 0.350 e. The smallest absolute Gasteiger partial charge is 0.261 e. The predicted octanol–water partition coefficient (Wildman–Crippen LogP) is 4.62. The average Bonchev–Trinajstić information content (AvgIpc) is 2.77. The third-order valence-corrected chi connectivity index (χ3v) is 6.94. The number of para-hydroxylation sites is 1. The molecular formula is C24H25ClFN3O3S. The first-order valence-corrected chi connectivity index (χ1v) is 12.0. The molecular weight excluding hydrogens is 465 g/mol. The monoisotopic (exact) mass is 489 g/mol. The number of hydrogen-bond acceptors (Lipinski definition) is 4. The van der Waals surface area contributed by atoms with Crippen molar-refractivity contribution in [2.24, 2.45) is 0 Å². The lowest BCUT2D eigenvalue weighted by molar-refractivity contribution is 0.0941. The summed E-state index contributed by atoms with van der Waals surface area (Å²) < 4.78 is 42.3. The molecule has 3 aromatic rings. The van der Waals surface area contributed by atoms with Gasteiger partial charge in [-0.15, -0.1) is 0 Å². The minimum Gasteiger partial charge on any atom is -0.350 e. The van der Waals surface area contributed by atoms with E-state index in [9.17, 15) is 17.6 Å². The highest BCUT2D eigenvalue weighted by Crippen LogP contribution is 2.28. The van der Waals surface area contributed by atoms with Crippen molar-refractivity contribution in [3.63, 3.8) is 0 Å². The van der Waals surface area contributed by atoms with Gasteiger partial charge in [0, 0.05) is 22.7 Å². The normalized spacial score (nSPS) is 12.4. The minimum atomic E-state index is -3.81. The Morgan fingerprint density at radius 3 is 2.30 bits per heavy atom. The maximum atomic E-state index is 14.4. The van der Waals surface area contributed by atoms with Gasteiger partial charge in [0.15, 0.2) is 0 Å². The summed E-state index contributed by atoms with van der Waals surface area (Å²) in [5.74, 6) is -0.865. The van der Waals surface area contributed by atoms with E-state index in [1.165, 1.54) is 36.4 Å². The van der Waals surface area contributed by atoms with Crippen molar-refractivity contribution in [1.29, 1.82) is 0 Å². The molecule has 0 fully saturated rings. The van der Waals surface area contributed by atoms with E-state index in [1.807, 2.05) is 6.07 Å². The highest BCUT2D eigenvalue weighted by Gasteiger charge is 2.22. The van der Waals surface area contributed by atoms with Gasteiger partial charge in [-0.1, -0.05) is 35.9 Å². The number of amides is 1. The number of aryl methyl sites for hydroxylation is 1. The predicted molar refractivity (Wildman–Crippen MR) is 129 cm³/mol. The number of carbonyl (C=O) groups is 1. The molecule has 0 bridgehead atoms. The van der Waals surface area contributed by atoms with Crippen LogP contribution in [-0.2, 0) is 10.0 Å². The fourth-order valence-electron chi connectivity index (χ4n) is 3.34. The first kappa shape index (κ1) is 24.7. The van der Waals surface area contributed by atoms with Crippen molar-refractivity contribution >= 4 is 33.2 Å². The van der Waals surface area contributed by atoms with Gasteiger partial charge in [-0.05, 0) is 69.0 Å². The molecule has 0 radical (unpaired) electrons. The van der Waals surface area contributed by atoms with Crippen LogP contribution >= 0.6 is 11.6 Å². The van der Waals surface area contributed by atoms with Crippen molar-refractivity contribution in [3.05, 3.63) is 94.3 Å². The Morgan fingerprint density at radius 2 is 1.70 bits per heavy atom. The molecule has 0 aliphatic heterocycles. The third-order valence-electron chi connectivity index (χ3n) is 5.23. The summed E-state index contributed by atoms with van der Waals surface area (Å²) in [5.41, 5.74) is 1.86. The zero-order valence-corrected chi connectivity index (χ0v) is 20.0. The van der Waals surface area contributed by atoms with Crippen LogP contribution in [0.3, 0.4) is 0 Å². The summed E-state index contributed by atoms with van der Waals surface area (Å²) in [4.78, 5) is 14.4. The zero-order valence-electron chi connectivity index (χ0n) is 18.5. The average molecular weight is 490 g/mol. The van der Waals surface area contributed by atoms with Crippen LogP contribution in [0.25, 0.3) is 0 Å². The van der Waals surface area contributed by atoms with E-state index in [4.69, 9.17) is 11.6 Å². The molecule has 2 N–H and O–H groups in total. The Balaban J connectivity index is 1.71. The number of halogens is 2. The topological polar surface area (TPSA) is 78.5 Å². The molecule has 174 valence electrons. The van der Waals surface area contributed by atoms with Crippen LogP contribution in [0, 0.1) is 12.7 Å².